The third-order valence-electron chi connectivity index (χ3n) is 2.82. The van der Waals surface area contributed by atoms with Gasteiger partial charge in [-0.05, 0) is 34.7 Å². The van der Waals surface area contributed by atoms with E-state index in [2.05, 4.69) is 62.0 Å². The van der Waals surface area contributed by atoms with Gasteiger partial charge in [0, 0.05) is 0 Å². The van der Waals surface area contributed by atoms with Crippen molar-refractivity contribution in [2.75, 3.05) is 0 Å². The molecule has 80 valence electrons. The quantitative estimate of drug-likeness (QED) is 0.693. The van der Waals surface area contributed by atoms with Crippen LogP contribution in [0.2, 0.25) is 0 Å². The second kappa shape index (κ2) is 4.80. The van der Waals surface area contributed by atoms with Gasteiger partial charge in [-0.3, -0.25) is 0 Å². The van der Waals surface area contributed by atoms with Gasteiger partial charge in [0.05, 0.1) is 0 Å². The molecule has 2 aromatic carbocycles. The van der Waals surface area contributed by atoms with Crippen molar-refractivity contribution in [3.8, 4) is 11.1 Å². The van der Waals surface area contributed by atoms with Gasteiger partial charge in [-0.15, -0.1) is 0 Å². The van der Waals surface area contributed by atoms with Crippen LogP contribution in [0.25, 0.3) is 17.2 Å². The summed E-state index contributed by atoms with van der Waals surface area (Å²) in [6.07, 6.45) is 2.97. The maximum atomic E-state index is 3.79. The van der Waals surface area contributed by atoms with Crippen LogP contribution < -0.4 is 0 Å². The van der Waals surface area contributed by atoms with Crippen LogP contribution in [0.3, 0.4) is 0 Å². The first-order valence-corrected chi connectivity index (χ1v) is 5.65. The summed E-state index contributed by atoms with van der Waals surface area (Å²) in [6, 6.07) is 17.2. The summed E-state index contributed by atoms with van der Waals surface area (Å²) < 4.78 is 0. The fraction of sp³-hybridized carbons (Fsp3) is 0.125. The third kappa shape index (κ3) is 2.22. The Morgan fingerprint density at radius 1 is 1.00 bits per heavy atom. The Balaban J connectivity index is 2.38. The Labute approximate surface area is 97.3 Å². The van der Waals surface area contributed by atoms with E-state index in [0.717, 1.165) is 12.0 Å². The van der Waals surface area contributed by atoms with E-state index >= 15 is 0 Å². The zero-order valence-corrected chi connectivity index (χ0v) is 9.61. The molecular formula is C16H16. The van der Waals surface area contributed by atoms with Crippen LogP contribution in [0.1, 0.15) is 18.1 Å². The van der Waals surface area contributed by atoms with E-state index in [0.29, 0.717) is 0 Å². The van der Waals surface area contributed by atoms with Crippen molar-refractivity contribution in [3.05, 3.63) is 66.2 Å². The van der Waals surface area contributed by atoms with Crippen LogP contribution in [0.5, 0.6) is 0 Å². The molecule has 0 bridgehead atoms. The number of rotatable bonds is 3. The zero-order chi connectivity index (χ0) is 11.4. The Morgan fingerprint density at radius 3 is 2.38 bits per heavy atom. The fourth-order valence-electron chi connectivity index (χ4n) is 1.78. The van der Waals surface area contributed by atoms with Crippen molar-refractivity contribution in [1.29, 1.82) is 0 Å². The molecule has 0 nitrogen and oxygen atoms in total. The molecule has 0 fully saturated rings. The van der Waals surface area contributed by atoms with Gasteiger partial charge in [-0.2, -0.15) is 0 Å². The van der Waals surface area contributed by atoms with Crippen molar-refractivity contribution in [2.45, 2.75) is 13.3 Å². The molecule has 0 aliphatic carbocycles. The number of aryl methyl sites for hydroxylation is 1. The van der Waals surface area contributed by atoms with Crippen molar-refractivity contribution < 1.29 is 0 Å². The second-order valence-corrected chi connectivity index (χ2v) is 3.88. The largest absolute Gasteiger partial charge is 0.0985 e. The van der Waals surface area contributed by atoms with Crippen molar-refractivity contribution in [2.24, 2.45) is 0 Å². The van der Waals surface area contributed by atoms with Crippen molar-refractivity contribution in [1.82, 2.24) is 0 Å². The van der Waals surface area contributed by atoms with Crippen LogP contribution >= 0.6 is 0 Å². The molecule has 0 aromatic heterocycles. The van der Waals surface area contributed by atoms with E-state index in [1.54, 1.807) is 0 Å². The SMILES string of the molecule is C=Cc1cccc(-c2ccc(CC)cc2)c1. The molecule has 2 aromatic rings. The first kappa shape index (κ1) is 10.7. The van der Waals surface area contributed by atoms with Crippen molar-refractivity contribution in [3.63, 3.8) is 0 Å². The van der Waals surface area contributed by atoms with E-state index in [4.69, 9.17) is 0 Å². The van der Waals surface area contributed by atoms with Crippen LogP contribution in [-0.4, -0.2) is 0 Å². The maximum Gasteiger partial charge on any atom is -0.0178 e. The van der Waals surface area contributed by atoms with Gasteiger partial charge in [0.2, 0.25) is 0 Å². The molecular weight excluding hydrogens is 192 g/mol. The minimum absolute atomic E-state index is 1.09. The molecule has 0 saturated carbocycles. The lowest BCUT2D eigenvalue weighted by Gasteiger charge is -2.04. The highest BCUT2D eigenvalue weighted by Crippen LogP contribution is 2.21. The maximum absolute atomic E-state index is 3.79. The topological polar surface area (TPSA) is 0 Å². The molecule has 0 unspecified atom stereocenters. The van der Waals surface area contributed by atoms with Gasteiger partial charge in [0.25, 0.3) is 0 Å². The molecule has 0 heterocycles. The minimum atomic E-state index is 1.09. The van der Waals surface area contributed by atoms with Crippen LogP contribution in [0, 0.1) is 0 Å². The van der Waals surface area contributed by atoms with Gasteiger partial charge in [-0.25, -0.2) is 0 Å². The molecule has 0 atom stereocenters. The highest BCUT2D eigenvalue weighted by atomic mass is 14.0. The Hall–Kier alpha value is -1.82. The summed E-state index contributed by atoms with van der Waals surface area (Å²) >= 11 is 0. The second-order valence-electron chi connectivity index (χ2n) is 3.88. The molecule has 0 aliphatic rings. The molecule has 0 aliphatic heterocycles. The predicted octanol–water partition coefficient (Wildman–Crippen LogP) is 4.56. The van der Waals surface area contributed by atoms with Gasteiger partial charge >= 0.3 is 0 Å². The molecule has 0 radical (unpaired) electrons. The molecule has 0 N–H and O–H groups in total. The summed E-state index contributed by atoms with van der Waals surface area (Å²) in [5, 5.41) is 0. The van der Waals surface area contributed by atoms with Crippen LogP contribution in [0.15, 0.2) is 55.1 Å². The smallest absolute Gasteiger partial charge is 0.0178 e. The van der Waals surface area contributed by atoms with E-state index in [-0.39, 0.29) is 0 Å². The molecule has 0 amide bonds. The average molecular weight is 208 g/mol. The Morgan fingerprint density at radius 2 is 1.75 bits per heavy atom. The van der Waals surface area contributed by atoms with E-state index in [1.165, 1.54) is 16.7 Å². The van der Waals surface area contributed by atoms with E-state index in [1.807, 2.05) is 6.08 Å². The third-order valence-corrected chi connectivity index (χ3v) is 2.82. The summed E-state index contributed by atoms with van der Waals surface area (Å²) in [5.41, 5.74) is 5.06. The Kier molecular flexibility index (Phi) is 3.21. The summed E-state index contributed by atoms with van der Waals surface area (Å²) in [4.78, 5) is 0. The highest BCUT2D eigenvalue weighted by Gasteiger charge is 1.97. The fourth-order valence-corrected chi connectivity index (χ4v) is 1.78. The minimum Gasteiger partial charge on any atom is -0.0985 e. The van der Waals surface area contributed by atoms with Crippen LogP contribution in [0.4, 0.5) is 0 Å². The summed E-state index contributed by atoms with van der Waals surface area (Å²) in [7, 11) is 0. The number of benzene rings is 2. The molecule has 16 heavy (non-hydrogen) atoms. The average Bonchev–Trinajstić information content (AvgIpc) is 2.39. The molecule has 2 rings (SSSR count). The standard InChI is InChI=1S/C16H16/c1-3-13-8-10-15(11-9-13)16-7-5-6-14(4-2)12-16/h4-12H,2-3H2,1H3. The monoisotopic (exact) mass is 208 g/mol. The van der Waals surface area contributed by atoms with Crippen LogP contribution in [-0.2, 0) is 6.42 Å². The van der Waals surface area contributed by atoms with E-state index in [9.17, 15) is 0 Å². The molecule has 0 heteroatoms. The number of hydrogen-bond donors (Lipinski definition) is 0. The Bertz CT molecular complexity index is 478. The summed E-state index contributed by atoms with van der Waals surface area (Å²) in [5.74, 6) is 0. The van der Waals surface area contributed by atoms with Gasteiger partial charge in [0.15, 0.2) is 0 Å². The zero-order valence-electron chi connectivity index (χ0n) is 9.61. The first-order chi connectivity index (χ1) is 7.83. The predicted molar refractivity (Wildman–Crippen MR) is 71.3 cm³/mol. The first-order valence-electron chi connectivity index (χ1n) is 5.65. The highest BCUT2D eigenvalue weighted by molar-refractivity contribution is 5.67. The molecule has 0 saturated heterocycles. The van der Waals surface area contributed by atoms with Gasteiger partial charge < -0.3 is 0 Å². The lowest BCUT2D eigenvalue weighted by molar-refractivity contribution is 1.14. The van der Waals surface area contributed by atoms with Gasteiger partial charge in [0.1, 0.15) is 0 Å². The lowest BCUT2D eigenvalue weighted by Crippen LogP contribution is -1.82. The number of hydrogen-bond acceptors (Lipinski definition) is 0. The van der Waals surface area contributed by atoms with Crippen molar-refractivity contribution >= 4 is 6.08 Å². The van der Waals surface area contributed by atoms with Gasteiger partial charge in [-0.1, -0.05) is 62.0 Å². The normalized spacial score (nSPS) is 10.1. The summed E-state index contributed by atoms with van der Waals surface area (Å²) in [6.45, 7) is 5.97. The van der Waals surface area contributed by atoms with E-state index < -0.39 is 0 Å². The molecule has 0 spiro atoms. The lowest BCUT2D eigenvalue weighted by atomic mass is 10.0.